The average Bonchev–Trinajstić information content (AvgIpc) is 2.54. The zero-order valence-electron chi connectivity index (χ0n) is 14.6. The molecule has 0 saturated carbocycles. The van der Waals surface area contributed by atoms with Crippen molar-refractivity contribution in [1.82, 2.24) is 0 Å². The third-order valence-corrected chi connectivity index (χ3v) is 3.82. The fraction of sp³-hybridized carbons (Fsp3) is 0.895. The molecule has 0 aromatic heterocycles. The van der Waals surface area contributed by atoms with Crippen LogP contribution in [-0.2, 0) is 4.74 Å². The van der Waals surface area contributed by atoms with Crippen molar-refractivity contribution in [3.63, 3.8) is 0 Å². The van der Waals surface area contributed by atoms with Gasteiger partial charge < -0.3 is 14.9 Å². The molecule has 3 heteroatoms. The number of hydrogen-bond acceptors (Lipinski definition) is 3. The number of aliphatic hydroxyl groups excluding tert-OH is 2. The summed E-state index contributed by atoms with van der Waals surface area (Å²) in [4.78, 5) is 0. The van der Waals surface area contributed by atoms with Crippen molar-refractivity contribution in [2.75, 3.05) is 19.8 Å². The van der Waals surface area contributed by atoms with Crippen molar-refractivity contribution >= 4 is 0 Å². The fourth-order valence-electron chi connectivity index (χ4n) is 2.37. The lowest BCUT2D eigenvalue weighted by Gasteiger charge is -2.07. The molecule has 0 heterocycles. The molecule has 0 radical (unpaired) electrons. The Bertz CT molecular complexity index is 229. The van der Waals surface area contributed by atoms with Crippen molar-refractivity contribution in [2.24, 2.45) is 0 Å². The van der Waals surface area contributed by atoms with Gasteiger partial charge >= 0.3 is 0 Å². The van der Waals surface area contributed by atoms with Crippen LogP contribution in [0.5, 0.6) is 0 Å². The molecule has 0 aromatic carbocycles. The van der Waals surface area contributed by atoms with Crippen LogP contribution >= 0.6 is 0 Å². The van der Waals surface area contributed by atoms with E-state index in [0.29, 0.717) is 6.61 Å². The molecule has 0 unspecified atom stereocenters. The maximum absolute atomic E-state index is 9.09. The molecule has 0 aliphatic heterocycles. The SMILES string of the molecule is CCCCCC/C=C\CCCCCCCCOC[C@@H](O)CO. The van der Waals surface area contributed by atoms with E-state index in [4.69, 9.17) is 14.9 Å². The predicted octanol–water partition coefficient (Wildman–Crippen LogP) is 4.61. The summed E-state index contributed by atoms with van der Waals surface area (Å²) < 4.78 is 5.27. The quantitative estimate of drug-likeness (QED) is 0.304. The molecule has 0 spiro atoms. The van der Waals surface area contributed by atoms with Crippen LogP contribution in [0.15, 0.2) is 12.2 Å². The Morgan fingerprint density at radius 3 is 1.95 bits per heavy atom. The lowest BCUT2D eigenvalue weighted by Crippen LogP contribution is -2.19. The summed E-state index contributed by atoms with van der Waals surface area (Å²) in [5.74, 6) is 0. The van der Waals surface area contributed by atoms with Crippen LogP contribution in [0.3, 0.4) is 0 Å². The van der Waals surface area contributed by atoms with E-state index < -0.39 is 6.10 Å². The zero-order chi connectivity index (χ0) is 16.3. The van der Waals surface area contributed by atoms with Gasteiger partial charge in [0.05, 0.1) is 13.2 Å². The van der Waals surface area contributed by atoms with Gasteiger partial charge in [-0.05, 0) is 32.1 Å². The Labute approximate surface area is 137 Å². The summed E-state index contributed by atoms with van der Waals surface area (Å²) in [6.45, 7) is 2.98. The second kappa shape index (κ2) is 18.7. The molecule has 0 fully saturated rings. The summed E-state index contributed by atoms with van der Waals surface area (Å²) in [5, 5.41) is 17.7. The van der Waals surface area contributed by atoms with Crippen molar-refractivity contribution in [1.29, 1.82) is 0 Å². The van der Waals surface area contributed by atoms with Crippen LogP contribution < -0.4 is 0 Å². The Balaban J connectivity index is 3.06. The van der Waals surface area contributed by atoms with Gasteiger partial charge in [0.25, 0.3) is 0 Å². The monoisotopic (exact) mass is 314 g/mol. The van der Waals surface area contributed by atoms with Crippen molar-refractivity contribution in [2.45, 2.75) is 90.1 Å². The second-order valence-electron chi connectivity index (χ2n) is 6.14. The summed E-state index contributed by atoms with van der Waals surface area (Å²) in [6.07, 6.45) is 19.4. The Hall–Kier alpha value is -0.380. The zero-order valence-corrected chi connectivity index (χ0v) is 14.6. The van der Waals surface area contributed by atoms with Gasteiger partial charge in [0, 0.05) is 6.61 Å². The highest BCUT2D eigenvalue weighted by Crippen LogP contribution is 2.09. The number of ether oxygens (including phenoxy) is 1. The fourth-order valence-corrected chi connectivity index (χ4v) is 2.37. The van der Waals surface area contributed by atoms with E-state index in [9.17, 15) is 0 Å². The lowest BCUT2D eigenvalue weighted by atomic mass is 10.1. The number of hydrogen-bond donors (Lipinski definition) is 2. The van der Waals surface area contributed by atoms with Crippen molar-refractivity contribution < 1.29 is 14.9 Å². The van der Waals surface area contributed by atoms with Gasteiger partial charge in [-0.1, -0.05) is 64.0 Å². The van der Waals surface area contributed by atoms with Crippen LogP contribution in [0, 0.1) is 0 Å². The maximum atomic E-state index is 9.09. The van der Waals surface area contributed by atoms with Gasteiger partial charge in [-0.2, -0.15) is 0 Å². The van der Waals surface area contributed by atoms with Gasteiger partial charge in [-0.25, -0.2) is 0 Å². The standard InChI is InChI=1S/C19H38O3/c1-2-3-4-5-6-7-8-9-10-11-12-13-14-15-16-22-18-19(21)17-20/h7-8,19-21H,2-6,9-18H2,1H3/b8-7-/t19-/m0/s1. The molecular weight excluding hydrogens is 276 g/mol. The molecule has 132 valence electrons. The van der Waals surface area contributed by atoms with Gasteiger partial charge in [-0.15, -0.1) is 0 Å². The molecule has 0 aliphatic carbocycles. The van der Waals surface area contributed by atoms with Crippen LogP contribution in [0.4, 0.5) is 0 Å². The molecule has 0 saturated heterocycles. The minimum Gasteiger partial charge on any atom is -0.394 e. The third-order valence-electron chi connectivity index (χ3n) is 3.82. The Morgan fingerprint density at radius 2 is 1.36 bits per heavy atom. The molecule has 0 aromatic rings. The Morgan fingerprint density at radius 1 is 0.818 bits per heavy atom. The molecule has 3 nitrogen and oxygen atoms in total. The summed E-state index contributed by atoms with van der Waals surface area (Å²) in [5.41, 5.74) is 0. The highest BCUT2D eigenvalue weighted by atomic mass is 16.5. The molecule has 22 heavy (non-hydrogen) atoms. The minimum atomic E-state index is -0.723. The number of aliphatic hydroxyl groups is 2. The molecular formula is C19H38O3. The first-order valence-corrected chi connectivity index (χ1v) is 9.33. The number of rotatable bonds is 17. The summed E-state index contributed by atoms with van der Waals surface area (Å²) in [6, 6.07) is 0. The van der Waals surface area contributed by atoms with Crippen LogP contribution in [0.25, 0.3) is 0 Å². The van der Waals surface area contributed by atoms with Crippen molar-refractivity contribution in [3.8, 4) is 0 Å². The maximum Gasteiger partial charge on any atom is 0.100 e. The van der Waals surface area contributed by atoms with E-state index in [1.165, 1.54) is 70.6 Å². The van der Waals surface area contributed by atoms with Gasteiger partial charge in [0.1, 0.15) is 6.10 Å². The average molecular weight is 315 g/mol. The summed E-state index contributed by atoms with van der Waals surface area (Å²) in [7, 11) is 0. The first kappa shape index (κ1) is 21.6. The lowest BCUT2D eigenvalue weighted by molar-refractivity contribution is 0.00526. The smallest absolute Gasteiger partial charge is 0.100 e. The highest BCUT2D eigenvalue weighted by Gasteiger charge is 2.00. The molecule has 0 amide bonds. The van der Waals surface area contributed by atoms with E-state index >= 15 is 0 Å². The molecule has 1 atom stereocenters. The summed E-state index contributed by atoms with van der Waals surface area (Å²) >= 11 is 0. The van der Waals surface area contributed by atoms with Crippen molar-refractivity contribution in [3.05, 3.63) is 12.2 Å². The van der Waals surface area contributed by atoms with Gasteiger partial charge in [0.15, 0.2) is 0 Å². The first-order chi connectivity index (χ1) is 10.8. The highest BCUT2D eigenvalue weighted by molar-refractivity contribution is 4.81. The predicted molar refractivity (Wildman–Crippen MR) is 94.1 cm³/mol. The largest absolute Gasteiger partial charge is 0.394 e. The topological polar surface area (TPSA) is 49.7 Å². The first-order valence-electron chi connectivity index (χ1n) is 9.33. The van der Waals surface area contributed by atoms with E-state index in [2.05, 4.69) is 19.1 Å². The van der Waals surface area contributed by atoms with E-state index in [1.54, 1.807) is 0 Å². The van der Waals surface area contributed by atoms with E-state index in [0.717, 1.165) is 6.42 Å². The molecule has 2 N–H and O–H groups in total. The molecule has 0 aliphatic rings. The van der Waals surface area contributed by atoms with Crippen LogP contribution in [0.2, 0.25) is 0 Å². The van der Waals surface area contributed by atoms with Crippen LogP contribution in [0.1, 0.15) is 84.0 Å². The molecule has 0 bridgehead atoms. The Kier molecular flexibility index (Phi) is 18.3. The van der Waals surface area contributed by atoms with Gasteiger partial charge in [0.2, 0.25) is 0 Å². The normalized spacial score (nSPS) is 13.0. The minimum absolute atomic E-state index is 0.215. The number of allylic oxidation sites excluding steroid dienone is 2. The van der Waals surface area contributed by atoms with Crippen LogP contribution in [-0.4, -0.2) is 36.1 Å². The second-order valence-corrected chi connectivity index (χ2v) is 6.14. The van der Waals surface area contributed by atoms with E-state index in [1.807, 2.05) is 0 Å². The molecule has 0 rings (SSSR count). The van der Waals surface area contributed by atoms with E-state index in [-0.39, 0.29) is 13.2 Å². The van der Waals surface area contributed by atoms with Gasteiger partial charge in [-0.3, -0.25) is 0 Å². The number of unbranched alkanes of at least 4 members (excludes halogenated alkanes) is 10. The third kappa shape index (κ3) is 17.7.